The summed E-state index contributed by atoms with van der Waals surface area (Å²) in [4.78, 5) is 28.5. The molecule has 142 valence electrons. The van der Waals surface area contributed by atoms with E-state index in [4.69, 9.17) is 4.74 Å². The molecule has 1 aromatic rings. The standard InChI is InChI=1S/C20H29N3O3/c1-4-22-14-20(8-7-18(22)24)9-11-23(12-10-20)19(25)21-16-13-15(2)5-6-17(16)26-3/h5-6,13H,4,7-12,14H2,1-3H3,(H,21,25). The van der Waals surface area contributed by atoms with Crippen LogP contribution in [0.4, 0.5) is 10.5 Å². The molecule has 0 aliphatic carbocycles. The van der Waals surface area contributed by atoms with Crippen molar-refractivity contribution in [3.05, 3.63) is 23.8 Å². The second-order valence-corrected chi connectivity index (χ2v) is 7.53. The van der Waals surface area contributed by atoms with Crippen molar-refractivity contribution in [1.82, 2.24) is 9.80 Å². The fraction of sp³-hybridized carbons (Fsp3) is 0.600. The number of piperidine rings is 2. The molecule has 6 heteroatoms. The maximum Gasteiger partial charge on any atom is 0.321 e. The number of likely N-dealkylation sites (tertiary alicyclic amines) is 2. The van der Waals surface area contributed by atoms with Crippen LogP contribution in [0.2, 0.25) is 0 Å². The Labute approximate surface area is 155 Å². The van der Waals surface area contributed by atoms with Crippen molar-refractivity contribution >= 4 is 17.6 Å². The zero-order chi connectivity index (χ0) is 18.7. The quantitative estimate of drug-likeness (QED) is 0.901. The van der Waals surface area contributed by atoms with Gasteiger partial charge in [-0.2, -0.15) is 0 Å². The van der Waals surface area contributed by atoms with Gasteiger partial charge in [0.25, 0.3) is 0 Å². The Balaban J connectivity index is 1.61. The number of ether oxygens (including phenoxy) is 1. The Bertz CT molecular complexity index is 681. The van der Waals surface area contributed by atoms with Crippen molar-refractivity contribution in [2.24, 2.45) is 5.41 Å². The van der Waals surface area contributed by atoms with Crippen LogP contribution < -0.4 is 10.1 Å². The third-order valence-electron chi connectivity index (χ3n) is 5.84. The summed E-state index contributed by atoms with van der Waals surface area (Å²) in [5, 5.41) is 2.99. The van der Waals surface area contributed by atoms with Gasteiger partial charge in [-0.15, -0.1) is 0 Å². The van der Waals surface area contributed by atoms with Crippen LogP contribution in [-0.2, 0) is 4.79 Å². The van der Waals surface area contributed by atoms with E-state index in [0.29, 0.717) is 17.9 Å². The van der Waals surface area contributed by atoms with Crippen molar-refractivity contribution in [2.75, 3.05) is 38.6 Å². The fourth-order valence-corrected chi connectivity index (χ4v) is 4.10. The molecular formula is C20H29N3O3. The van der Waals surface area contributed by atoms with Gasteiger partial charge in [0.2, 0.25) is 5.91 Å². The first-order valence-electron chi connectivity index (χ1n) is 9.45. The summed E-state index contributed by atoms with van der Waals surface area (Å²) in [7, 11) is 1.61. The summed E-state index contributed by atoms with van der Waals surface area (Å²) in [5.41, 5.74) is 1.96. The second-order valence-electron chi connectivity index (χ2n) is 7.53. The molecule has 3 rings (SSSR count). The Morgan fingerprint density at radius 1 is 1.27 bits per heavy atom. The molecule has 0 bridgehead atoms. The summed E-state index contributed by atoms with van der Waals surface area (Å²) in [5.74, 6) is 0.937. The van der Waals surface area contributed by atoms with E-state index in [1.54, 1.807) is 7.11 Å². The van der Waals surface area contributed by atoms with Crippen LogP contribution >= 0.6 is 0 Å². The summed E-state index contributed by atoms with van der Waals surface area (Å²) in [6.07, 6.45) is 3.49. The molecule has 2 heterocycles. The van der Waals surface area contributed by atoms with E-state index in [0.717, 1.165) is 51.0 Å². The largest absolute Gasteiger partial charge is 0.495 e. The lowest BCUT2D eigenvalue weighted by molar-refractivity contribution is -0.138. The van der Waals surface area contributed by atoms with Gasteiger partial charge in [-0.1, -0.05) is 6.07 Å². The predicted molar refractivity (Wildman–Crippen MR) is 101 cm³/mol. The van der Waals surface area contributed by atoms with Gasteiger partial charge in [0, 0.05) is 32.6 Å². The highest BCUT2D eigenvalue weighted by atomic mass is 16.5. The highest BCUT2D eigenvalue weighted by Crippen LogP contribution is 2.40. The van der Waals surface area contributed by atoms with Crippen LogP contribution in [0.1, 0.15) is 38.2 Å². The summed E-state index contributed by atoms with van der Waals surface area (Å²) in [6.45, 7) is 7.09. The average Bonchev–Trinajstić information content (AvgIpc) is 2.64. The Kier molecular flexibility index (Phi) is 5.39. The van der Waals surface area contributed by atoms with Gasteiger partial charge < -0.3 is 19.9 Å². The fourth-order valence-electron chi connectivity index (χ4n) is 4.10. The second kappa shape index (κ2) is 7.56. The monoisotopic (exact) mass is 359 g/mol. The topological polar surface area (TPSA) is 61.9 Å². The number of rotatable bonds is 3. The van der Waals surface area contributed by atoms with Gasteiger partial charge in [-0.3, -0.25) is 4.79 Å². The maximum atomic E-state index is 12.7. The van der Waals surface area contributed by atoms with E-state index in [9.17, 15) is 9.59 Å². The SMILES string of the molecule is CCN1CC2(CCC1=O)CCN(C(=O)Nc1cc(C)ccc1OC)CC2. The van der Waals surface area contributed by atoms with Crippen LogP contribution in [0.3, 0.4) is 0 Å². The van der Waals surface area contributed by atoms with E-state index >= 15 is 0 Å². The highest BCUT2D eigenvalue weighted by Gasteiger charge is 2.41. The molecule has 6 nitrogen and oxygen atoms in total. The molecule has 1 aromatic carbocycles. The van der Waals surface area contributed by atoms with Gasteiger partial charge in [0.05, 0.1) is 12.8 Å². The number of methoxy groups -OCH3 is 1. The first-order chi connectivity index (χ1) is 12.5. The minimum Gasteiger partial charge on any atom is -0.495 e. The van der Waals surface area contributed by atoms with Gasteiger partial charge in [-0.05, 0) is 56.2 Å². The minimum atomic E-state index is -0.0806. The van der Waals surface area contributed by atoms with Crippen LogP contribution in [-0.4, -0.2) is 55.0 Å². The molecule has 3 amide bonds. The van der Waals surface area contributed by atoms with Gasteiger partial charge in [0.15, 0.2) is 0 Å². The van der Waals surface area contributed by atoms with Crippen molar-refractivity contribution < 1.29 is 14.3 Å². The number of nitrogens with zero attached hydrogens (tertiary/aromatic N) is 2. The van der Waals surface area contributed by atoms with Crippen molar-refractivity contribution in [3.63, 3.8) is 0 Å². The number of hydrogen-bond donors (Lipinski definition) is 1. The lowest BCUT2D eigenvalue weighted by Crippen LogP contribution is -2.52. The zero-order valence-electron chi connectivity index (χ0n) is 16.0. The summed E-state index contributed by atoms with van der Waals surface area (Å²) < 4.78 is 5.34. The smallest absolute Gasteiger partial charge is 0.321 e. The van der Waals surface area contributed by atoms with E-state index < -0.39 is 0 Å². The number of carbonyl (C=O) groups excluding carboxylic acids is 2. The molecule has 26 heavy (non-hydrogen) atoms. The van der Waals surface area contributed by atoms with Gasteiger partial charge in [0.1, 0.15) is 5.75 Å². The average molecular weight is 359 g/mol. The number of urea groups is 1. The molecule has 0 atom stereocenters. The minimum absolute atomic E-state index is 0.0806. The number of nitrogens with one attached hydrogen (secondary N) is 1. The first-order valence-corrected chi connectivity index (χ1v) is 9.45. The molecule has 1 N–H and O–H groups in total. The third-order valence-corrected chi connectivity index (χ3v) is 5.84. The molecular weight excluding hydrogens is 330 g/mol. The molecule has 1 spiro atoms. The van der Waals surface area contributed by atoms with Gasteiger partial charge >= 0.3 is 6.03 Å². The molecule has 0 radical (unpaired) electrons. The number of anilines is 1. The molecule has 2 fully saturated rings. The van der Waals surface area contributed by atoms with E-state index in [1.165, 1.54) is 0 Å². The lowest BCUT2D eigenvalue weighted by atomic mass is 9.72. The highest BCUT2D eigenvalue weighted by molar-refractivity contribution is 5.91. The Morgan fingerprint density at radius 3 is 2.65 bits per heavy atom. The maximum absolute atomic E-state index is 12.7. The van der Waals surface area contributed by atoms with E-state index in [1.807, 2.05) is 41.8 Å². The van der Waals surface area contributed by atoms with Gasteiger partial charge in [-0.25, -0.2) is 4.79 Å². The molecule has 0 aromatic heterocycles. The van der Waals surface area contributed by atoms with Crippen LogP contribution in [0.25, 0.3) is 0 Å². The summed E-state index contributed by atoms with van der Waals surface area (Å²) >= 11 is 0. The number of carbonyl (C=O) groups is 2. The number of amides is 3. The molecule has 2 aliphatic rings. The first kappa shape index (κ1) is 18.5. The zero-order valence-corrected chi connectivity index (χ0v) is 16.0. The third kappa shape index (κ3) is 3.79. The van der Waals surface area contributed by atoms with Crippen LogP contribution in [0.5, 0.6) is 5.75 Å². The van der Waals surface area contributed by atoms with Crippen molar-refractivity contribution in [3.8, 4) is 5.75 Å². The normalized spacial score (nSPS) is 19.6. The van der Waals surface area contributed by atoms with E-state index in [-0.39, 0.29) is 17.4 Å². The number of hydrogen-bond acceptors (Lipinski definition) is 3. The van der Waals surface area contributed by atoms with E-state index in [2.05, 4.69) is 5.32 Å². The van der Waals surface area contributed by atoms with Crippen LogP contribution in [0, 0.1) is 12.3 Å². The molecule has 2 aliphatic heterocycles. The number of aryl methyl sites for hydroxylation is 1. The van der Waals surface area contributed by atoms with Crippen molar-refractivity contribution in [2.45, 2.75) is 39.5 Å². The molecule has 2 saturated heterocycles. The van der Waals surface area contributed by atoms with Crippen LogP contribution in [0.15, 0.2) is 18.2 Å². The predicted octanol–water partition coefficient (Wildman–Crippen LogP) is 3.26. The summed E-state index contributed by atoms with van der Waals surface area (Å²) in [6, 6.07) is 5.67. The number of benzene rings is 1. The lowest BCUT2D eigenvalue weighted by Gasteiger charge is -2.47. The Hall–Kier alpha value is -2.24. The molecule has 0 saturated carbocycles. The van der Waals surface area contributed by atoms with Crippen molar-refractivity contribution in [1.29, 1.82) is 0 Å². The Morgan fingerprint density at radius 2 is 2.00 bits per heavy atom. The molecule has 0 unspecified atom stereocenters.